The molecule has 0 unspecified atom stereocenters. The standard InChI is InChI=1S/C18H20N2O3S/c1-2-12-20-17-10-9-15(13-14(17)8-11-18(20)21)19-24(22,23)16-6-4-3-5-7-16/h2-8,11,15,19H,1,9-10,12-13H2/t15-/m0/s1. The molecule has 5 nitrogen and oxygen atoms in total. The first-order valence-electron chi connectivity index (χ1n) is 7.91. The van der Waals surface area contributed by atoms with E-state index in [2.05, 4.69) is 11.3 Å². The smallest absolute Gasteiger partial charge is 0.251 e. The minimum Gasteiger partial charge on any atom is -0.309 e. The Hall–Kier alpha value is -2.18. The maximum absolute atomic E-state index is 12.5. The fraction of sp³-hybridized carbons (Fsp3) is 0.278. The largest absolute Gasteiger partial charge is 0.309 e. The Morgan fingerprint density at radius 3 is 2.67 bits per heavy atom. The van der Waals surface area contributed by atoms with E-state index in [1.807, 2.05) is 0 Å². The first kappa shape index (κ1) is 16.7. The van der Waals surface area contributed by atoms with Crippen molar-refractivity contribution in [2.45, 2.75) is 36.7 Å². The molecule has 0 radical (unpaired) electrons. The highest BCUT2D eigenvalue weighted by atomic mass is 32.2. The van der Waals surface area contributed by atoms with E-state index in [0.29, 0.717) is 25.8 Å². The second kappa shape index (κ2) is 6.75. The van der Waals surface area contributed by atoms with Crippen molar-refractivity contribution in [3.63, 3.8) is 0 Å². The molecule has 1 aliphatic carbocycles. The van der Waals surface area contributed by atoms with Gasteiger partial charge in [0.1, 0.15) is 0 Å². The van der Waals surface area contributed by atoms with Crippen LogP contribution in [0.25, 0.3) is 0 Å². The van der Waals surface area contributed by atoms with E-state index in [-0.39, 0.29) is 16.5 Å². The number of sulfonamides is 1. The number of fused-ring (bicyclic) bond motifs is 1. The van der Waals surface area contributed by atoms with E-state index in [0.717, 1.165) is 11.3 Å². The van der Waals surface area contributed by atoms with E-state index >= 15 is 0 Å². The van der Waals surface area contributed by atoms with E-state index in [9.17, 15) is 13.2 Å². The molecule has 0 aliphatic heterocycles. The van der Waals surface area contributed by atoms with Gasteiger partial charge in [0.25, 0.3) is 5.56 Å². The highest BCUT2D eigenvalue weighted by Crippen LogP contribution is 2.22. The third-order valence-electron chi connectivity index (χ3n) is 4.27. The normalized spacial score (nSPS) is 17.2. The van der Waals surface area contributed by atoms with Gasteiger partial charge in [0.2, 0.25) is 10.0 Å². The van der Waals surface area contributed by atoms with Crippen LogP contribution in [0.5, 0.6) is 0 Å². The minimum atomic E-state index is -3.53. The van der Waals surface area contributed by atoms with Gasteiger partial charge in [0, 0.05) is 24.3 Å². The predicted octanol–water partition coefficient (Wildman–Crippen LogP) is 1.87. The number of allylic oxidation sites excluding steroid dienone is 1. The lowest BCUT2D eigenvalue weighted by Gasteiger charge is -2.27. The van der Waals surface area contributed by atoms with Crippen molar-refractivity contribution >= 4 is 10.0 Å². The number of benzene rings is 1. The van der Waals surface area contributed by atoms with E-state index in [1.54, 1.807) is 47.0 Å². The van der Waals surface area contributed by atoms with Crippen molar-refractivity contribution in [1.82, 2.24) is 9.29 Å². The number of hydrogen-bond donors (Lipinski definition) is 1. The first-order chi connectivity index (χ1) is 11.5. The van der Waals surface area contributed by atoms with Crippen molar-refractivity contribution in [3.05, 3.63) is 76.7 Å². The highest BCUT2D eigenvalue weighted by molar-refractivity contribution is 7.89. The van der Waals surface area contributed by atoms with Crippen LogP contribution in [0.4, 0.5) is 0 Å². The summed E-state index contributed by atoms with van der Waals surface area (Å²) in [5.41, 5.74) is 1.96. The molecule has 1 aromatic carbocycles. The number of rotatable bonds is 5. The molecule has 1 heterocycles. The second-order valence-electron chi connectivity index (χ2n) is 5.92. The Labute approximate surface area is 141 Å². The van der Waals surface area contributed by atoms with Gasteiger partial charge in [-0.3, -0.25) is 4.79 Å². The van der Waals surface area contributed by atoms with Gasteiger partial charge in [-0.2, -0.15) is 0 Å². The van der Waals surface area contributed by atoms with Crippen LogP contribution < -0.4 is 10.3 Å². The molecular formula is C18H20N2O3S. The zero-order valence-electron chi connectivity index (χ0n) is 13.3. The van der Waals surface area contributed by atoms with Gasteiger partial charge < -0.3 is 4.57 Å². The van der Waals surface area contributed by atoms with Crippen LogP contribution in [0, 0.1) is 0 Å². The predicted molar refractivity (Wildman–Crippen MR) is 93.5 cm³/mol. The maximum atomic E-state index is 12.5. The monoisotopic (exact) mass is 344 g/mol. The summed E-state index contributed by atoms with van der Waals surface area (Å²) in [5, 5.41) is 0. The molecule has 1 aliphatic rings. The Morgan fingerprint density at radius 1 is 1.21 bits per heavy atom. The van der Waals surface area contributed by atoms with Gasteiger partial charge in [-0.25, -0.2) is 13.1 Å². The van der Waals surface area contributed by atoms with Crippen molar-refractivity contribution < 1.29 is 8.42 Å². The Kier molecular flexibility index (Phi) is 4.69. The lowest BCUT2D eigenvalue weighted by atomic mass is 9.92. The second-order valence-corrected chi connectivity index (χ2v) is 7.63. The summed E-state index contributed by atoms with van der Waals surface area (Å²) in [6.07, 6.45) is 3.62. The Balaban J connectivity index is 1.82. The van der Waals surface area contributed by atoms with E-state index in [4.69, 9.17) is 0 Å². The lowest BCUT2D eigenvalue weighted by molar-refractivity contribution is 0.490. The molecule has 0 bridgehead atoms. The topological polar surface area (TPSA) is 68.2 Å². The minimum absolute atomic E-state index is 0.0445. The van der Waals surface area contributed by atoms with Gasteiger partial charge in [-0.15, -0.1) is 6.58 Å². The number of pyridine rings is 1. The Bertz CT molecular complexity index is 902. The zero-order valence-corrected chi connectivity index (χ0v) is 14.1. The fourth-order valence-corrected chi connectivity index (χ4v) is 4.43. The van der Waals surface area contributed by atoms with Gasteiger partial charge in [-0.05, 0) is 37.0 Å². The summed E-state index contributed by atoms with van der Waals surface area (Å²) in [6.45, 7) is 4.17. The molecule has 2 aromatic rings. The van der Waals surface area contributed by atoms with Crippen LogP contribution in [-0.2, 0) is 29.4 Å². The molecule has 0 fully saturated rings. The summed E-state index contributed by atoms with van der Waals surface area (Å²) >= 11 is 0. The van der Waals surface area contributed by atoms with Crippen molar-refractivity contribution in [2.24, 2.45) is 0 Å². The van der Waals surface area contributed by atoms with Gasteiger partial charge in [-0.1, -0.05) is 30.3 Å². The van der Waals surface area contributed by atoms with Gasteiger partial charge >= 0.3 is 0 Å². The fourth-order valence-electron chi connectivity index (χ4n) is 3.14. The van der Waals surface area contributed by atoms with Crippen LogP contribution in [-0.4, -0.2) is 19.0 Å². The van der Waals surface area contributed by atoms with Crippen LogP contribution in [0.15, 0.2) is 64.8 Å². The molecule has 126 valence electrons. The van der Waals surface area contributed by atoms with Crippen LogP contribution in [0.2, 0.25) is 0 Å². The molecule has 3 rings (SSSR count). The SMILES string of the molecule is C=CCn1c2c(ccc1=O)C[C@@H](NS(=O)(=O)c1ccccc1)CC2. The number of nitrogens with one attached hydrogen (secondary N) is 1. The highest BCUT2D eigenvalue weighted by Gasteiger charge is 2.25. The molecule has 0 saturated heterocycles. The summed E-state index contributed by atoms with van der Waals surface area (Å²) in [4.78, 5) is 12.3. The molecular weight excluding hydrogens is 324 g/mol. The number of hydrogen-bond acceptors (Lipinski definition) is 3. The van der Waals surface area contributed by atoms with Crippen LogP contribution in [0.3, 0.4) is 0 Å². The first-order valence-corrected chi connectivity index (χ1v) is 9.39. The summed E-state index contributed by atoms with van der Waals surface area (Å²) < 4.78 is 29.4. The molecule has 0 spiro atoms. The third-order valence-corrected chi connectivity index (χ3v) is 5.81. The summed E-state index contributed by atoms with van der Waals surface area (Å²) in [7, 11) is -3.53. The molecule has 6 heteroatoms. The van der Waals surface area contributed by atoms with Gasteiger partial charge in [0.05, 0.1) is 4.90 Å². The molecule has 1 atom stereocenters. The number of aromatic nitrogens is 1. The number of nitrogens with zero attached hydrogens (tertiary/aromatic N) is 1. The average Bonchev–Trinajstić information content (AvgIpc) is 2.58. The lowest BCUT2D eigenvalue weighted by Crippen LogP contribution is -2.40. The average molecular weight is 344 g/mol. The summed E-state index contributed by atoms with van der Waals surface area (Å²) in [5.74, 6) is 0. The van der Waals surface area contributed by atoms with Crippen molar-refractivity contribution in [3.8, 4) is 0 Å². The quantitative estimate of drug-likeness (QED) is 0.842. The van der Waals surface area contributed by atoms with Crippen molar-refractivity contribution in [2.75, 3.05) is 0 Å². The van der Waals surface area contributed by atoms with Crippen molar-refractivity contribution in [1.29, 1.82) is 0 Å². The molecule has 1 aromatic heterocycles. The zero-order chi connectivity index (χ0) is 17.2. The summed E-state index contributed by atoms with van der Waals surface area (Å²) in [6, 6.07) is 11.5. The van der Waals surface area contributed by atoms with Crippen LogP contribution in [0.1, 0.15) is 17.7 Å². The molecule has 1 N–H and O–H groups in total. The van der Waals surface area contributed by atoms with E-state index < -0.39 is 10.0 Å². The third kappa shape index (κ3) is 3.34. The molecule has 0 amide bonds. The molecule has 24 heavy (non-hydrogen) atoms. The Morgan fingerprint density at radius 2 is 1.96 bits per heavy atom. The van der Waals surface area contributed by atoms with E-state index in [1.165, 1.54) is 6.07 Å². The van der Waals surface area contributed by atoms with Gasteiger partial charge in [0.15, 0.2) is 0 Å². The van der Waals surface area contributed by atoms with Crippen LogP contribution >= 0.6 is 0 Å². The maximum Gasteiger partial charge on any atom is 0.251 e. The molecule has 0 saturated carbocycles.